The van der Waals surface area contributed by atoms with Gasteiger partial charge in [0.1, 0.15) is 0 Å². The summed E-state index contributed by atoms with van der Waals surface area (Å²) < 4.78 is 39.1. The number of oxazole rings is 1. The van der Waals surface area contributed by atoms with Crippen LogP contribution in [-0.2, 0) is 21.8 Å². The number of aromatic nitrogens is 1. The van der Waals surface area contributed by atoms with Crippen molar-refractivity contribution in [2.75, 3.05) is 11.8 Å². The van der Waals surface area contributed by atoms with E-state index in [-0.39, 0.29) is 21.7 Å². The van der Waals surface area contributed by atoms with Crippen molar-refractivity contribution < 1.29 is 22.4 Å². The van der Waals surface area contributed by atoms with E-state index in [2.05, 4.69) is 9.46 Å². The molecule has 3 rings (SSSR count). The summed E-state index contributed by atoms with van der Waals surface area (Å²) in [5.74, 6) is -1.25. The molecule has 2 aromatic carbocycles. The molecular formula is C17H16N2O6S. The average molecular weight is 376 g/mol. The number of fused-ring (bicyclic) bond motifs is 1. The number of esters is 1. The van der Waals surface area contributed by atoms with Gasteiger partial charge in [-0.15, -0.1) is 0 Å². The van der Waals surface area contributed by atoms with Crippen LogP contribution >= 0.6 is 0 Å². The number of para-hydroxylation sites is 1. The first-order chi connectivity index (χ1) is 12.2. The first kappa shape index (κ1) is 17.7. The van der Waals surface area contributed by atoms with Gasteiger partial charge in [-0.05, 0) is 30.7 Å². The molecule has 0 saturated carbocycles. The largest absolute Gasteiger partial charge is 0.465 e. The standard InChI is InChI=1S/C17H16N2O6S/c1-10-8-13-14(25-17(21)19(13)2)9-15(10)26(22,23)18-12-7-5-4-6-11(12)16(20)24-3/h4-9,18H,1-3H3. The first-order valence-corrected chi connectivity index (χ1v) is 9.03. The molecule has 1 heterocycles. The molecular weight excluding hydrogens is 360 g/mol. The normalized spacial score (nSPS) is 11.5. The van der Waals surface area contributed by atoms with E-state index in [0.717, 1.165) is 0 Å². The predicted octanol–water partition coefficient (Wildman–Crippen LogP) is 2.03. The highest BCUT2D eigenvalue weighted by Gasteiger charge is 2.22. The molecule has 1 N–H and O–H groups in total. The minimum atomic E-state index is -4.03. The van der Waals surface area contributed by atoms with Crippen LogP contribution in [0.2, 0.25) is 0 Å². The first-order valence-electron chi connectivity index (χ1n) is 7.55. The van der Waals surface area contributed by atoms with Crippen LogP contribution < -0.4 is 10.5 Å². The highest BCUT2D eigenvalue weighted by atomic mass is 32.2. The zero-order valence-corrected chi connectivity index (χ0v) is 15.1. The van der Waals surface area contributed by atoms with Crippen molar-refractivity contribution in [1.82, 2.24) is 4.57 Å². The lowest BCUT2D eigenvalue weighted by Crippen LogP contribution is -2.17. The van der Waals surface area contributed by atoms with Crippen LogP contribution in [0.3, 0.4) is 0 Å². The molecule has 0 aliphatic heterocycles. The molecule has 3 aromatic rings. The number of rotatable bonds is 4. The van der Waals surface area contributed by atoms with Crippen molar-refractivity contribution in [2.24, 2.45) is 7.05 Å². The monoisotopic (exact) mass is 376 g/mol. The second-order valence-corrected chi connectivity index (χ2v) is 7.31. The van der Waals surface area contributed by atoms with E-state index in [4.69, 9.17) is 4.42 Å². The Morgan fingerprint density at radius 1 is 1.23 bits per heavy atom. The number of methoxy groups -OCH3 is 1. The number of carbonyl (C=O) groups excluding carboxylic acids is 1. The molecule has 136 valence electrons. The Balaban J connectivity index is 2.10. The Hall–Kier alpha value is -3.07. The smallest absolute Gasteiger partial charge is 0.419 e. The van der Waals surface area contributed by atoms with Gasteiger partial charge in [0.25, 0.3) is 10.0 Å². The predicted molar refractivity (Wildman–Crippen MR) is 94.8 cm³/mol. The minimum absolute atomic E-state index is 0.0565. The van der Waals surface area contributed by atoms with Gasteiger partial charge in [0.05, 0.1) is 28.8 Å². The Kier molecular flexibility index (Phi) is 4.33. The molecule has 0 saturated heterocycles. The van der Waals surface area contributed by atoms with Crippen LogP contribution in [0.1, 0.15) is 15.9 Å². The fraction of sp³-hybridized carbons (Fsp3) is 0.176. The van der Waals surface area contributed by atoms with Crippen LogP contribution in [0, 0.1) is 6.92 Å². The van der Waals surface area contributed by atoms with Gasteiger partial charge < -0.3 is 9.15 Å². The summed E-state index contributed by atoms with van der Waals surface area (Å²) in [4.78, 5) is 23.4. The fourth-order valence-electron chi connectivity index (χ4n) is 2.61. The molecule has 0 unspecified atom stereocenters. The molecule has 0 aliphatic carbocycles. The van der Waals surface area contributed by atoms with Crippen LogP contribution in [0.25, 0.3) is 11.1 Å². The Morgan fingerprint density at radius 3 is 2.62 bits per heavy atom. The van der Waals surface area contributed by atoms with Gasteiger partial charge in [-0.1, -0.05) is 12.1 Å². The van der Waals surface area contributed by atoms with Crippen molar-refractivity contribution in [3.8, 4) is 0 Å². The van der Waals surface area contributed by atoms with E-state index in [1.807, 2.05) is 0 Å². The minimum Gasteiger partial charge on any atom is -0.465 e. The summed E-state index contributed by atoms with van der Waals surface area (Å²) in [7, 11) is -1.29. The number of hydrogen-bond acceptors (Lipinski definition) is 6. The Labute approximate surface area is 149 Å². The summed E-state index contributed by atoms with van der Waals surface area (Å²) in [5.41, 5.74) is 1.25. The summed E-state index contributed by atoms with van der Waals surface area (Å²) in [6.45, 7) is 1.61. The third-order valence-electron chi connectivity index (χ3n) is 3.96. The second kappa shape index (κ2) is 6.34. The number of carbonyl (C=O) groups is 1. The van der Waals surface area contributed by atoms with Gasteiger partial charge in [-0.25, -0.2) is 18.0 Å². The SMILES string of the molecule is COC(=O)c1ccccc1NS(=O)(=O)c1cc2oc(=O)n(C)c2cc1C. The zero-order chi connectivity index (χ0) is 19.1. The molecule has 8 nitrogen and oxygen atoms in total. The summed E-state index contributed by atoms with van der Waals surface area (Å²) in [5, 5.41) is 0. The third kappa shape index (κ3) is 2.97. The molecule has 26 heavy (non-hydrogen) atoms. The lowest BCUT2D eigenvalue weighted by molar-refractivity contribution is 0.0602. The summed E-state index contributed by atoms with van der Waals surface area (Å²) >= 11 is 0. The maximum absolute atomic E-state index is 12.8. The molecule has 0 fully saturated rings. The van der Waals surface area contributed by atoms with Crippen molar-refractivity contribution in [3.63, 3.8) is 0 Å². The van der Waals surface area contributed by atoms with E-state index >= 15 is 0 Å². The molecule has 9 heteroatoms. The van der Waals surface area contributed by atoms with Crippen molar-refractivity contribution in [1.29, 1.82) is 0 Å². The average Bonchev–Trinajstić information content (AvgIpc) is 2.88. The number of hydrogen-bond donors (Lipinski definition) is 1. The summed E-state index contributed by atoms with van der Waals surface area (Å²) in [6.07, 6.45) is 0. The number of sulfonamides is 1. The van der Waals surface area contributed by atoms with Crippen molar-refractivity contribution in [2.45, 2.75) is 11.8 Å². The fourth-order valence-corrected chi connectivity index (χ4v) is 3.93. The van der Waals surface area contributed by atoms with E-state index in [1.165, 1.54) is 36.9 Å². The summed E-state index contributed by atoms with van der Waals surface area (Å²) in [6, 6.07) is 8.95. The molecule has 0 atom stereocenters. The lowest BCUT2D eigenvalue weighted by Gasteiger charge is -2.13. The van der Waals surface area contributed by atoms with Gasteiger partial charge in [0.15, 0.2) is 5.58 Å². The van der Waals surface area contributed by atoms with E-state index in [0.29, 0.717) is 11.1 Å². The highest BCUT2D eigenvalue weighted by molar-refractivity contribution is 7.92. The maximum Gasteiger partial charge on any atom is 0.419 e. The van der Waals surface area contributed by atoms with Gasteiger partial charge in [0.2, 0.25) is 0 Å². The zero-order valence-electron chi connectivity index (χ0n) is 14.3. The maximum atomic E-state index is 12.8. The quantitative estimate of drug-likeness (QED) is 0.698. The van der Waals surface area contributed by atoms with E-state index in [9.17, 15) is 18.0 Å². The number of nitrogens with zero attached hydrogens (tertiary/aromatic N) is 1. The second-order valence-electron chi connectivity index (χ2n) is 5.66. The van der Waals surface area contributed by atoms with Crippen LogP contribution in [0.15, 0.2) is 50.5 Å². The number of nitrogens with one attached hydrogen (secondary N) is 1. The van der Waals surface area contributed by atoms with Crippen LogP contribution in [0.5, 0.6) is 0 Å². The van der Waals surface area contributed by atoms with Crippen LogP contribution in [-0.4, -0.2) is 26.1 Å². The molecule has 0 amide bonds. The van der Waals surface area contributed by atoms with Gasteiger partial charge >= 0.3 is 11.7 Å². The van der Waals surface area contributed by atoms with Gasteiger partial charge in [-0.2, -0.15) is 0 Å². The highest BCUT2D eigenvalue weighted by Crippen LogP contribution is 2.26. The molecule has 0 spiro atoms. The Morgan fingerprint density at radius 2 is 1.92 bits per heavy atom. The number of ether oxygens (including phenoxy) is 1. The Bertz CT molecular complexity index is 1170. The number of anilines is 1. The third-order valence-corrected chi connectivity index (χ3v) is 5.46. The van der Waals surface area contributed by atoms with E-state index < -0.39 is 21.7 Å². The number of aryl methyl sites for hydroxylation is 2. The van der Waals surface area contributed by atoms with Crippen LogP contribution in [0.4, 0.5) is 5.69 Å². The van der Waals surface area contributed by atoms with Gasteiger partial charge in [0, 0.05) is 13.1 Å². The molecule has 1 aromatic heterocycles. The lowest BCUT2D eigenvalue weighted by atomic mass is 10.2. The number of benzene rings is 2. The molecule has 0 bridgehead atoms. The topological polar surface area (TPSA) is 108 Å². The van der Waals surface area contributed by atoms with Gasteiger partial charge in [-0.3, -0.25) is 9.29 Å². The molecule has 0 aliphatic rings. The van der Waals surface area contributed by atoms with Crippen molar-refractivity contribution in [3.05, 3.63) is 58.1 Å². The van der Waals surface area contributed by atoms with Crippen molar-refractivity contribution >= 4 is 32.8 Å². The van der Waals surface area contributed by atoms with E-state index in [1.54, 1.807) is 25.1 Å². The molecule has 0 radical (unpaired) electrons.